The van der Waals surface area contributed by atoms with E-state index in [2.05, 4.69) is 22.5 Å². The summed E-state index contributed by atoms with van der Waals surface area (Å²) in [7, 11) is 0. The van der Waals surface area contributed by atoms with Crippen LogP contribution in [-0.4, -0.2) is 6.61 Å². The van der Waals surface area contributed by atoms with Gasteiger partial charge < -0.3 is 4.74 Å². The molecule has 0 saturated carbocycles. The highest BCUT2D eigenvalue weighted by Crippen LogP contribution is 2.10. The van der Waals surface area contributed by atoms with E-state index in [0.717, 1.165) is 10.2 Å². The third kappa shape index (κ3) is 3.23. The van der Waals surface area contributed by atoms with Crippen molar-refractivity contribution in [2.75, 3.05) is 6.61 Å². The Morgan fingerprint density at radius 2 is 2.00 bits per heavy atom. The van der Waals surface area contributed by atoms with Gasteiger partial charge in [-0.3, -0.25) is 0 Å². The zero-order chi connectivity index (χ0) is 8.10. The first-order valence-electron chi connectivity index (χ1n) is 3.30. The van der Waals surface area contributed by atoms with Crippen LogP contribution in [0.2, 0.25) is 0 Å². The summed E-state index contributed by atoms with van der Waals surface area (Å²) in [6.07, 6.45) is 0. The average molecular weight is 213 g/mol. The smallest absolute Gasteiger partial charge is 0.119 e. The number of para-hydroxylation sites is 1. The van der Waals surface area contributed by atoms with E-state index in [0.29, 0.717) is 6.61 Å². The van der Waals surface area contributed by atoms with Crippen LogP contribution < -0.4 is 4.74 Å². The van der Waals surface area contributed by atoms with E-state index in [1.54, 1.807) is 0 Å². The number of hydrogen-bond acceptors (Lipinski definition) is 1. The molecule has 0 atom stereocenters. The normalized spacial score (nSPS) is 9.18. The summed E-state index contributed by atoms with van der Waals surface area (Å²) >= 11 is 3.21. The van der Waals surface area contributed by atoms with Gasteiger partial charge in [0.15, 0.2) is 0 Å². The van der Waals surface area contributed by atoms with Crippen LogP contribution in [0.1, 0.15) is 0 Å². The summed E-state index contributed by atoms with van der Waals surface area (Å²) in [6.45, 7) is 4.18. The summed E-state index contributed by atoms with van der Waals surface area (Å²) in [5.74, 6) is 0.869. The molecule has 0 bridgehead atoms. The van der Waals surface area contributed by atoms with Crippen molar-refractivity contribution in [3.63, 3.8) is 0 Å². The van der Waals surface area contributed by atoms with Crippen molar-refractivity contribution >= 4 is 15.9 Å². The van der Waals surface area contributed by atoms with Gasteiger partial charge in [-0.05, 0) is 12.1 Å². The topological polar surface area (TPSA) is 9.23 Å². The lowest BCUT2D eigenvalue weighted by Gasteiger charge is -2.02. The molecule has 2 heteroatoms. The van der Waals surface area contributed by atoms with Crippen molar-refractivity contribution in [2.24, 2.45) is 0 Å². The Morgan fingerprint density at radius 1 is 1.36 bits per heavy atom. The molecule has 0 fully saturated rings. The summed E-state index contributed by atoms with van der Waals surface area (Å²) in [6, 6.07) is 9.65. The first-order chi connectivity index (χ1) is 5.29. The molecule has 1 aromatic carbocycles. The fraction of sp³-hybridized carbons (Fsp3) is 0.111. The van der Waals surface area contributed by atoms with Gasteiger partial charge in [0, 0.05) is 4.48 Å². The molecule has 0 aliphatic carbocycles. The van der Waals surface area contributed by atoms with Crippen LogP contribution in [0, 0.1) is 0 Å². The molecule has 0 saturated heterocycles. The highest BCUT2D eigenvalue weighted by Gasteiger charge is 1.90. The van der Waals surface area contributed by atoms with E-state index in [1.807, 2.05) is 30.3 Å². The van der Waals surface area contributed by atoms with Crippen molar-refractivity contribution < 1.29 is 4.74 Å². The van der Waals surface area contributed by atoms with E-state index < -0.39 is 0 Å². The Morgan fingerprint density at radius 3 is 2.55 bits per heavy atom. The Labute approximate surface area is 74.8 Å². The maximum Gasteiger partial charge on any atom is 0.119 e. The minimum absolute atomic E-state index is 0.518. The summed E-state index contributed by atoms with van der Waals surface area (Å²) < 4.78 is 6.17. The lowest BCUT2D eigenvalue weighted by atomic mass is 10.3. The Balaban J connectivity index is 2.45. The third-order valence-electron chi connectivity index (χ3n) is 1.14. The first-order valence-corrected chi connectivity index (χ1v) is 4.09. The van der Waals surface area contributed by atoms with Crippen LogP contribution >= 0.6 is 15.9 Å². The fourth-order valence-corrected chi connectivity index (χ4v) is 0.793. The quantitative estimate of drug-likeness (QED) is 0.749. The molecule has 0 spiro atoms. The second-order valence-electron chi connectivity index (χ2n) is 2.12. The maximum atomic E-state index is 5.32. The molecule has 11 heavy (non-hydrogen) atoms. The van der Waals surface area contributed by atoms with E-state index in [9.17, 15) is 0 Å². The van der Waals surface area contributed by atoms with Crippen LogP contribution in [0.5, 0.6) is 5.75 Å². The summed E-state index contributed by atoms with van der Waals surface area (Å²) in [4.78, 5) is 0. The largest absolute Gasteiger partial charge is 0.488 e. The minimum Gasteiger partial charge on any atom is -0.488 e. The highest BCUT2D eigenvalue weighted by atomic mass is 79.9. The molecule has 0 amide bonds. The number of rotatable bonds is 3. The maximum absolute atomic E-state index is 5.32. The minimum atomic E-state index is 0.518. The van der Waals surface area contributed by atoms with E-state index in [1.165, 1.54) is 0 Å². The lowest BCUT2D eigenvalue weighted by molar-refractivity contribution is 0.361. The van der Waals surface area contributed by atoms with Gasteiger partial charge in [0.05, 0.1) is 0 Å². The molecule has 0 radical (unpaired) electrons. The van der Waals surface area contributed by atoms with Crippen molar-refractivity contribution in [1.82, 2.24) is 0 Å². The molecular weight excluding hydrogens is 204 g/mol. The predicted octanol–water partition coefficient (Wildman–Crippen LogP) is 2.97. The Hall–Kier alpha value is -0.760. The van der Waals surface area contributed by atoms with Crippen LogP contribution in [0.3, 0.4) is 0 Å². The summed E-state index contributed by atoms with van der Waals surface area (Å²) in [5, 5.41) is 0. The molecule has 0 aromatic heterocycles. The molecule has 58 valence electrons. The van der Waals surface area contributed by atoms with E-state index in [4.69, 9.17) is 4.74 Å². The van der Waals surface area contributed by atoms with Crippen LogP contribution in [0.4, 0.5) is 0 Å². The molecule has 1 nitrogen and oxygen atoms in total. The van der Waals surface area contributed by atoms with E-state index >= 15 is 0 Å². The van der Waals surface area contributed by atoms with Crippen molar-refractivity contribution in [1.29, 1.82) is 0 Å². The lowest BCUT2D eigenvalue weighted by Crippen LogP contribution is -1.94. The van der Waals surface area contributed by atoms with Gasteiger partial charge >= 0.3 is 0 Å². The molecule has 1 rings (SSSR count). The van der Waals surface area contributed by atoms with Crippen molar-refractivity contribution in [3.8, 4) is 5.75 Å². The van der Waals surface area contributed by atoms with E-state index in [-0.39, 0.29) is 0 Å². The zero-order valence-electron chi connectivity index (χ0n) is 6.09. The first kappa shape index (κ1) is 8.34. The van der Waals surface area contributed by atoms with Gasteiger partial charge in [-0.15, -0.1) is 0 Å². The highest BCUT2D eigenvalue weighted by molar-refractivity contribution is 9.11. The molecule has 0 unspecified atom stereocenters. The Bertz CT molecular complexity index is 231. The van der Waals surface area contributed by atoms with Gasteiger partial charge in [0.2, 0.25) is 0 Å². The number of benzene rings is 1. The molecule has 0 aliphatic heterocycles. The van der Waals surface area contributed by atoms with Gasteiger partial charge in [-0.2, -0.15) is 0 Å². The zero-order valence-corrected chi connectivity index (χ0v) is 7.67. The van der Waals surface area contributed by atoms with Gasteiger partial charge in [-0.1, -0.05) is 40.7 Å². The fourth-order valence-electron chi connectivity index (χ4n) is 0.678. The molecular formula is C9H9BrO. The number of halogens is 1. The second kappa shape index (κ2) is 4.19. The van der Waals surface area contributed by atoms with Crippen LogP contribution in [-0.2, 0) is 0 Å². The Kier molecular flexibility index (Phi) is 3.17. The molecule has 0 aliphatic rings. The van der Waals surface area contributed by atoms with Crippen molar-refractivity contribution in [3.05, 3.63) is 41.4 Å². The third-order valence-corrected chi connectivity index (χ3v) is 1.37. The average Bonchev–Trinajstić information content (AvgIpc) is 2.03. The number of hydrogen-bond donors (Lipinski definition) is 0. The molecule has 1 aromatic rings. The van der Waals surface area contributed by atoms with Crippen LogP contribution in [0.25, 0.3) is 0 Å². The number of ether oxygens (including phenoxy) is 1. The predicted molar refractivity (Wildman–Crippen MR) is 50.0 cm³/mol. The van der Waals surface area contributed by atoms with Gasteiger partial charge in [-0.25, -0.2) is 0 Å². The van der Waals surface area contributed by atoms with Gasteiger partial charge in [0.1, 0.15) is 12.4 Å². The monoisotopic (exact) mass is 212 g/mol. The standard InChI is InChI=1S/C9H9BrO/c1-8(10)7-11-9-5-3-2-4-6-9/h2-6H,1,7H2. The van der Waals surface area contributed by atoms with Crippen LogP contribution in [0.15, 0.2) is 41.4 Å². The van der Waals surface area contributed by atoms with Gasteiger partial charge in [0.25, 0.3) is 0 Å². The molecule has 0 heterocycles. The van der Waals surface area contributed by atoms with Crippen molar-refractivity contribution in [2.45, 2.75) is 0 Å². The summed E-state index contributed by atoms with van der Waals surface area (Å²) in [5.41, 5.74) is 0. The second-order valence-corrected chi connectivity index (χ2v) is 3.24. The SMILES string of the molecule is C=C(Br)COc1ccccc1. The molecule has 0 N–H and O–H groups in total.